The molecule has 0 radical (unpaired) electrons. The van der Waals surface area contributed by atoms with Crippen LogP contribution in [0, 0.1) is 11.3 Å². The van der Waals surface area contributed by atoms with Crippen LogP contribution in [0.15, 0.2) is 55.1 Å². The third kappa shape index (κ3) is 5.71. The fraction of sp³-hybridized carbons (Fsp3) is 0.486. The molecule has 9 nitrogen and oxygen atoms in total. The minimum atomic E-state index is -0.234. The maximum atomic E-state index is 12.6. The van der Waals surface area contributed by atoms with Crippen LogP contribution in [0.25, 0.3) is 10.8 Å². The Labute approximate surface area is 260 Å². The highest BCUT2D eigenvalue weighted by Gasteiger charge is 2.39. The number of rotatable bonds is 8. The smallest absolute Gasteiger partial charge is 0.318 e. The first-order valence-electron chi connectivity index (χ1n) is 15.9. The number of nitriles is 1. The number of nitrogens with zero attached hydrogens (tertiary/aromatic N) is 7. The summed E-state index contributed by atoms with van der Waals surface area (Å²) in [7, 11) is 0. The van der Waals surface area contributed by atoms with Crippen LogP contribution in [0.5, 0.6) is 6.01 Å². The van der Waals surface area contributed by atoms with Gasteiger partial charge < -0.3 is 19.4 Å². The number of hydrogen-bond acceptors (Lipinski definition) is 8. The molecule has 3 aromatic rings. The summed E-state index contributed by atoms with van der Waals surface area (Å²) in [4.78, 5) is 31.6. The molecule has 1 aromatic heterocycles. The van der Waals surface area contributed by atoms with Crippen LogP contribution in [0.4, 0.5) is 11.5 Å². The van der Waals surface area contributed by atoms with Crippen molar-refractivity contribution in [1.82, 2.24) is 19.8 Å². The zero-order chi connectivity index (χ0) is 30.8. The number of aromatic nitrogens is 2. The summed E-state index contributed by atoms with van der Waals surface area (Å²) in [6.45, 7) is 15.2. The van der Waals surface area contributed by atoms with Crippen LogP contribution in [0.2, 0.25) is 0 Å². The number of amides is 1. The van der Waals surface area contributed by atoms with Crippen LogP contribution in [-0.4, -0.2) is 82.6 Å². The summed E-state index contributed by atoms with van der Waals surface area (Å²) in [6.07, 6.45) is 4.62. The van der Waals surface area contributed by atoms with Crippen molar-refractivity contribution in [1.29, 1.82) is 5.26 Å². The Morgan fingerprint density at radius 3 is 2.75 bits per heavy atom. The average Bonchev–Trinajstić information content (AvgIpc) is 3.44. The van der Waals surface area contributed by atoms with Gasteiger partial charge >= 0.3 is 6.01 Å². The third-order valence-electron chi connectivity index (χ3n) is 9.64. The first kappa shape index (κ1) is 29.9. The van der Waals surface area contributed by atoms with Gasteiger partial charge in [0, 0.05) is 48.9 Å². The summed E-state index contributed by atoms with van der Waals surface area (Å²) in [5.74, 6) is 0.734. The van der Waals surface area contributed by atoms with Gasteiger partial charge in [-0.15, -0.1) is 0 Å². The molecule has 0 spiro atoms. The van der Waals surface area contributed by atoms with E-state index in [4.69, 9.17) is 14.7 Å². The highest BCUT2D eigenvalue weighted by molar-refractivity contribution is 5.94. The van der Waals surface area contributed by atoms with Gasteiger partial charge in [-0.2, -0.15) is 15.2 Å². The van der Waals surface area contributed by atoms with Gasteiger partial charge in [-0.05, 0) is 64.1 Å². The molecule has 0 N–H and O–H groups in total. The predicted molar refractivity (Wildman–Crippen MR) is 174 cm³/mol. The van der Waals surface area contributed by atoms with E-state index in [1.165, 1.54) is 22.5 Å². The topological polar surface area (TPSA) is 88.8 Å². The molecule has 3 aliphatic heterocycles. The van der Waals surface area contributed by atoms with Crippen LogP contribution >= 0.6 is 0 Å². The van der Waals surface area contributed by atoms with Gasteiger partial charge in [-0.1, -0.05) is 43.0 Å². The molecule has 2 saturated heterocycles. The average molecular weight is 594 g/mol. The van der Waals surface area contributed by atoms with Crippen LogP contribution < -0.4 is 14.5 Å². The molecule has 0 aliphatic carbocycles. The SMILES string of the molecule is C=CC(=O)N1CCN(c2nc(OC[C@]3(C)CCCN3C(C)C)nc3c2CCN(c2cccc4ccccc24)C3)CC1CC#N. The van der Waals surface area contributed by atoms with Gasteiger partial charge in [0.25, 0.3) is 0 Å². The highest BCUT2D eigenvalue weighted by Crippen LogP contribution is 2.36. The molecule has 2 atom stereocenters. The van der Waals surface area contributed by atoms with Gasteiger partial charge in [0.2, 0.25) is 5.91 Å². The summed E-state index contributed by atoms with van der Waals surface area (Å²) in [6, 6.07) is 17.8. The van der Waals surface area contributed by atoms with Gasteiger partial charge in [-0.25, -0.2) is 0 Å². The van der Waals surface area contributed by atoms with Crippen molar-refractivity contribution in [3.05, 3.63) is 66.4 Å². The number of ether oxygens (including phenoxy) is 1. The highest BCUT2D eigenvalue weighted by atomic mass is 16.5. The van der Waals surface area contributed by atoms with Crippen molar-refractivity contribution < 1.29 is 9.53 Å². The summed E-state index contributed by atoms with van der Waals surface area (Å²) >= 11 is 0. The number of likely N-dealkylation sites (tertiary alicyclic amines) is 1. The van der Waals surface area contributed by atoms with Gasteiger partial charge in [-0.3, -0.25) is 9.69 Å². The molecule has 1 unspecified atom stereocenters. The summed E-state index contributed by atoms with van der Waals surface area (Å²) in [5.41, 5.74) is 3.23. The standard InChI is InChI=1S/C35H43N7O2/c1-5-32(43)41-21-20-40(22-27(41)14-17-36)33-29-15-19-39(31-13-8-11-26-10-6-7-12-28(26)31)23-30(29)37-34(38-33)44-24-35(4)16-9-18-42(35)25(2)3/h5-8,10-13,25,27H,1,9,14-16,18-24H2,2-4H3/t27?,35-/m0/s1. The van der Waals surface area contributed by atoms with Crippen LogP contribution in [-0.2, 0) is 17.8 Å². The van der Waals surface area contributed by atoms with E-state index >= 15 is 0 Å². The first-order chi connectivity index (χ1) is 21.3. The van der Waals surface area contributed by atoms with E-state index in [0.717, 1.165) is 49.4 Å². The lowest BCUT2D eigenvalue weighted by atomic mass is 9.99. The zero-order valence-electron chi connectivity index (χ0n) is 26.2. The number of benzene rings is 2. The van der Waals surface area contributed by atoms with Crippen molar-refractivity contribution in [2.45, 2.75) is 70.6 Å². The third-order valence-corrected chi connectivity index (χ3v) is 9.64. The molecule has 4 heterocycles. The Morgan fingerprint density at radius 2 is 1.95 bits per heavy atom. The largest absolute Gasteiger partial charge is 0.461 e. The van der Waals surface area contributed by atoms with E-state index in [1.54, 1.807) is 4.90 Å². The molecule has 3 aliphatic rings. The minimum Gasteiger partial charge on any atom is -0.461 e. The second kappa shape index (κ2) is 12.4. The van der Waals surface area contributed by atoms with Crippen molar-refractivity contribution in [2.24, 2.45) is 0 Å². The molecule has 1 amide bonds. The lowest BCUT2D eigenvalue weighted by Crippen LogP contribution is -2.55. The van der Waals surface area contributed by atoms with E-state index in [1.807, 2.05) is 0 Å². The number of fused-ring (bicyclic) bond motifs is 2. The zero-order valence-corrected chi connectivity index (χ0v) is 26.2. The van der Waals surface area contributed by atoms with Crippen molar-refractivity contribution in [3.8, 4) is 12.1 Å². The van der Waals surface area contributed by atoms with E-state index in [-0.39, 0.29) is 23.9 Å². The van der Waals surface area contributed by atoms with E-state index in [2.05, 4.69) is 90.6 Å². The summed E-state index contributed by atoms with van der Waals surface area (Å²) < 4.78 is 6.49. The van der Waals surface area contributed by atoms with Crippen LogP contribution in [0.3, 0.4) is 0 Å². The molecule has 0 saturated carbocycles. The Hall–Kier alpha value is -4.16. The Kier molecular flexibility index (Phi) is 8.46. The van der Waals surface area contributed by atoms with Gasteiger partial charge in [0.1, 0.15) is 12.4 Å². The first-order valence-corrected chi connectivity index (χ1v) is 15.9. The van der Waals surface area contributed by atoms with E-state index in [9.17, 15) is 10.1 Å². The Morgan fingerprint density at radius 1 is 1.14 bits per heavy atom. The lowest BCUT2D eigenvalue weighted by molar-refractivity contribution is -0.128. The second-order valence-electron chi connectivity index (χ2n) is 12.8. The molecule has 9 heteroatoms. The molecule has 2 fully saturated rings. The molecule has 2 aromatic carbocycles. The normalized spacial score (nSPS) is 22.2. The fourth-order valence-corrected chi connectivity index (χ4v) is 7.44. The van der Waals surface area contributed by atoms with Crippen molar-refractivity contribution >= 4 is 28.2 Å². The maximum absolute atomic E-state index is 12.6. The number of carbonyl (C=O) groups excluding carboxylic acids is 1. The lowest BCUT2D eigenvalue weighted by Gasteiger charge is -2.42. The number of anilines is 2. The van der Waals surface area contributed by atoms with Gasteiger partial charge in [0.05, 0.1) is 36.3 Å². The van der Waals surface area contributed by atoms with Gasteiger partial charge in [0.15, 0.2) is 0 Å². The number of hydrogen-bond donors (Lipinski definition) is 0. The quantitative estimate of drug-likeness (QED) is 0.339. The van der Waals surface area contributed by atoms with Crippen LogP contribution in [0.1, 0.15) is 51.3 Å². The van der Waals surface area contributed by atoms with Crippen molar-refractivity contribution in [3.63, 3.8) is 0 Å². The molecule has 6 rings (SSSR count). The predicted octanol–water partition coefficient (Wildman–Crippen LogP) is 4.95. The fourth-order valence-electron chi connectivity index (χ4n) is 7.44. The monoisotopic (exact) mass is 593 g/mol. The maximum Gasteiger partial charge on any atom is 0.318 e. The number of carbonyl (C=O) groups is 1. The van der Waals surface area contributed by atoms with Crippen molar-refractivity contribution in [2.75, 3.05) is 49.1 Å². The molecule has 0 bridgehead atoms. The molecular formula is C35H43N7O2. The summed E-state index contributed by atoms with van der Waals surface area (Å²) in [5, 5.41) is 12.0. The van der Waals surface area contributed by atoms with E-state index < -0.39 is 0 Å². The number of piperazine rings is 1. The molecular weight excluding hydrogens is 550 g/mol. The molecule has 44 heavy (non-hydrogen) atoms. The Bertz CT molecular complexity index is 1580. The second-order valence-corrected chi connectivity index (χ2v) is 12.8. The van der Waals surface area contributed by atoms with E-state index in [0.29, 0.717) is 44.8 Å². The Balaban J connectivity index is 1.34. The molecule has 230 valence electrons. The minimum absolute atomic E-state index is 0.0723.